The summed E-state index contributed by atoms with van der Waals surface area (Å²) < 4.78 is 0. The van der Waals surface area contributed by atoms with Crippen molar-refractivity contribution in [2.45, 2.75) is 39.3 Å². The minimum absolute atomic E-state index is 0.0669. The monoisotopic (exact) mass is 245 g/mol. The number of benzene rings is 1. The predicted molar refractivity (Wildman–Crippen MR) is 76.6 cm³/mol. The summed E-state index contributed by atoms with van der Waals surface area (Å²) in [5, 5.41) is 12.4. The summed E-state index contributed by atoms with van der Waals surface area (Å²) in [4.78, 5) is 2.30. The van der Waals surface area contributed by atoms with Gasteiger partial charge in [-0.2, -0.15) is 5.26 Å². The molecular weight excluding hydrogens is 222 g/mol. The second-order valence-electron chi connectivity index (χ2n) is 4.71. The van der Waals surface area contributed by atoms with Gasteiger partial charge in [-0.05, 0) is 39.3 Å². The molecule has 0 aliphatic heterocycles. The van der Waals surface area contributed by atoms with E-state index in [1.807, 2.05) is 18.2 Å². The van der Waals surface area contributed by atoms with Gasteiger partial charge in [-0.3, -0.25) is 5.32 Å². The normalized spacial score (nSPS) is 12.2. The second-order valence-corrected chi connectivity index (χ2v) is 4.71. The molecule has 0 fully saturated rings. The van der Waals surface area contributed by atoms with E-state index in [9.17, 15) is 0 Å². The van der Waals surface area contributed by atoms with Crippen molar-refractivity contribution in [2.24, 2.45) is 0 Å². The summed E-state index contributed by atoms with van der Waals surface area (Å²) >= 11 is 0. The third-order valence-corrected chi connectivity index (χ3v) is 2.88. The lowest BCUT2D eigenvalue weighted by atomic mass is 10.2. The maximum atomic E-state index is 9.10. The Morgan fingerprint density at radius 3 is 2.44 bits per heavy atom. The van der Waals surface area contributed by atoms with Crippen LogP contribution in [0.2, 0.25) is 0 Å². The third kappa shape index (κ3) is 4.77. The van der Waals surface area contributed by atoms with Crippen LogP contribution in [-0.4, -0.2) is 25.2 Å². The van der Waals surface area contributed by atoms with E-state index >= 15 is 0 Å². The number of nitrogens with zero attached hydrogens (tertiary/aromatic N) is 2. The van der Waals surface area contributed by atoms with Gasteiger partial charge in [0.25, 0.3) is 0 Å². The fourth-order valence-corrected chi connectivity index (χ4v) is 1.98. The summed E-state index contributed by atoms with van der Waals surface area (Å²) in [6.07, 6.45) is 0.845. The number of hydrogen-bond acceptors (Lipinski definition) is 3. The number of nitriles is 1. The van der Waals surface area contributed by atoms with Crippen molar-refractivity contribution >= 4 is 5.69 Å². The zero-order valence-corrected chi connectivity index (χ0v) is 11.6. The quantitative estimate of drug-likeness (QED) is 0.803. The summed E-state index contributed by atoms with van der Waals surface area (Å²) in [5.74, 6) is 0. The maximum absolute atomic E-state index is 9.10. The zero-order valence-electron chi connectivity index (χ0n) is 11.6. The molecule has 0 radical (unpaired) electrons. The molecule has 1 aromatic carbocycles. The van der Waals surface area contributed by atoms with Crippen LogP contribution < -0.4 is 10.2 Å². The first-order valence-corrected chi connectivity index (χ1v) is 6.63. The molecule has 0 saturated carbocycles. The highest BCUT2D eigenvalue weighted by Crippen LogP contribution is 2.13. The van der Waals surface area contributed by atoms with E-state index in [0.29, 0.717) is 6.04 Å². The Bertz CT molecular complexity index is 367. The molecule has 0 bridgehead atoms. The van der Waals surface area contributed by atoms with E-state index in [2.05, 4.69) is 49.2 Å². The Morgan fingerprint density at radius 1 is 1.28 bits per heavy atom. The van der Waals surface area contributed by atoms with Gasteiger partial charge in [0.2, 0.25) is 0 Å². The number of rotatable bonds is 7. The van der Waals surface area contributed by atoms with Crippen LogP contribution in [0, 0.1) is 11.3 Å². The highest BCUT2D eigenvalue weighted by molar-refractivity contribution is 5.45. The van der Waals surface area contributed by atoms with E-state index in [1.165, 1.54) is 5.69 Å². The first-order chi connectivity index (χ1) is 8.67. The first-order valence-electron chi connectivity index (χ1n) is 6.63. The molecule has 1 aromatic rings. The molecule has 0 aliphatic rings. The van der Waals surface area contributed by atoms with Crippen LogP contribution in [0.5, 0.6) is 0 Å². The van der Waals surface area contributed by atoms with Gasteiger partial charge in [0.15, 0.2) is 0 Å². The van der Waals surface area contributed by atoms with Crippen molar-refractivity contribution in [1.29, 1.82) is 5.26 Å². The number of para-hydroxylation sites is 1. The Hall–Kier alpha value is -1.53. The molecule has 0 spiro atoms. The minimum atomic E-state index is -0.0669. The number of anilines is 1. The highest BCUT2D eigenvalue weighted by Gasteiger charge is 2.11. The number of hydrogen-bond donors (Lipinski definition) is 1. The van der Waals surface area contributed by atoms with Crippen molar-refractivity contribution < 1.29 is 0 Å². The average Bonchev–Trinajstić information content (AvgIpc) is 2.39. The summed E-state index contributed by atoms with van der Waals surface area (Å²) in [6.45, 7) is 8.14. The average molecular weight is 245 g/mol. The smallest absolute Gasteiger partial charge is 0.0971 e. The highest BCUT2D eigenvalue weighted by atomic mass is 15.1. The van der Waals surface area contributed by atoms with E-state index in [-0.39, 0.29) is 6.04 Å². The van der Waals surface area contributed by atoms with E-state index < -0.39 is 0 Å². The molecule has 1 unspecified atom stereocenters. The topological polar surface area (TPSA) is 39.1 Å². The Morgan fingerprint density at radius 2 is 1.94 bits per heavy atom. The molecule has 0 heterocycles. The van der Waals surface area contributed by atoms with E-state index in [0.717, 1.165) is 19.5 Å². The van der Waals surface area contributed by atoms with Gasteiger partial charge in [0.1, 0.15) is 0 Å². The largest absolute Gasteiger partial charge is 0.372 e. The van der Waals surface area contributed by atoms with Gasteiger partial charge in [-0.1, -0.05) is 18.2 Å². The fourth-order valence-electron chi connectivity index (χ4n) is 1.98. The van der Waals surface area contributed by atoms with Gasteiger partial charge in [-0.15, -0.1) is 0 Å². The molecule has 1 N–H and O–H groups in total. The Kier molecular flexibility index (Phi) is 6.24. The van der Waals surface area contributed by atoms with Crippen LogP contribution >= 0.6 is 0 Å². The minimum Gasteiger partial charge on any atom is -0.372 e. The molecule has 0 amide bonds. The lowest BCUT2D eigenvalue weighted by molar-refractivity contribution is 0.504. The summed E-state index contributed by atoms with van der Waals surface area (Å²) in [5.41, 5.74) is 1.22. The SMILES string of the molecule is CCN(CCC(C#N)NC(C)C)c1ccccc1. The van der Waals surface area contributed by atoms with Crippen LogP contribution in [0.15, 0.2) is 30.3 Å². The summed E-state index contributed by atoms with van der Waals surface area (Å²) in [6, 6.07) is 13.0. The van der Waals surface area contributed by atoms with Crippen LogP contribution in [0.1, 0.15) is 27.2 Å². The van der Waals surface area contributed by atoms with Gasteiger partial charge in [0.05, 0.1) is 12.1 Å². The lowest BCUT2D eigenvalue weighted by Crippen LogP contribution is -2.37. The van der Waals surface area contributed by atoms with Crippen LogP contribution in [0.3, 0.4) is 0 Å². The molecule has 1 rings (SSSR count). The predicted octanol–water partition coefficient (Wildman–Crippen LogP) is 2.79. The van der Waals surface area contributed by atoms with Gasteiger partial charge >= 0.3 is 0 Å². The van der Waals surface area contributed by atoms with Crippen LogP contribution in [0.4, 0.5) is 5.69 Å². The van der Waals surface area contributed by atoms with Crippen LogP contribution in [-0.2, 0) is 0 Å². The van der Waals surface area contributed by atoms with Gasteiger partial charge < -0.3 is 4.90 Å². The molecule has 0 aliphatic carbocycles. The van der Waals surface area contributed by atoms with Crippen LogP contribution in [0.25, 0.3) is 0 Å². The van der Waals surface area contributed by atoms with Gasteiger partial charge in [0, 0.05) is 24.8 Å². The van der Waals surface area contributed by atoms with Crippen molar-refractivity contribution in [2.75, 3.05) is 18.0 Å². The first kappa shape index (κ1) is 14.5. The molecule has 3 heteroatoms. The van der Waals surface area contributed by atoms with Crippen molar-refractivity contribution in [3.8, 4) is 6.07 Å². The molecular formula is C15H23N3. The summed E-state index contributed by atoms with van der Waals surface area (Å²) in [7, 11) is 0. The van der Waals surface area contributed by atoms with Crippen molar-refractivity contribution in [1.82, 2.24) is 5.32 Å². The molecule has 1 atom stereocenters. The maximum Gasteiger partial charge on any atom is 0.0971 e. The Balaban J connectivity index is 2.52. The molecule has 0 saturated heterocycles. The molecule has 98 valence electrons. The fraction of sp³-hybridized carbons (Fsp3) is 0.533. The van der Waals surface area contributed by atoms with Crippen molar-refractivity contribution in [3.63, 3.8) is 0 Å². The van der Waals surface area contributed by atoms with E-state index in [1.54, 1.807) is 0 Å². The lowest BCUT2D eigenvalue weighted by Gasteiger charge is -2.25. The number of nitrogens with one attached hydrogen (secondary N) is 1. The molecule has 0 aromatic heterocycles. The molecule has 18 heavy (non-hydrogen) atoms. The van der Waals surface area contributed by atoms with Crippen molar-refractivity contribution in [3.05, 3.63) is 30.3 Å². The second kappa shape index (κ2) is 7.73. The van der Waals surface area contributed by atoms with Gasteiger partial charge in [-0.25, -0.2) is 0 Å². The third-order valence-electron chi connectivity index (χ3n) is 2.88. The standard InChI is InChI=1S/C15H23N3/c1-4-18(15-8-6-5-7-9-15)11-10-14(12-16)17-13(2)3/h5-9,13-14,17H,4,10-11H2,1-3H3. The Labute approximate surface area is 110 Å². The molecule has 3 nitrogen and oxygen atoms in total. The van der Waals surface area contributed by atoms with E-state index in [4.69, 9.17) is 5.26 Å². The zero-order chi connectivity index (χ0) is 13.4.